The van der Waals surface area contributed by atoms with Crippen LogP contribution >= 0.6 is 11.6 Å². The number of hydrogen-bond acceptors (Lipinski definition) is 5. The first-order valence-electron chi connectivity index (χ1n) is 6.83. The summed E-state index contributed by atoms with van der Waals surface area (Å²) in [6.45, 7) is 9.83. The molecule has 0 amide bonds. The van der Waals surface area contributed by atoms with E-state index in [1.54, 1.807) is 0 Å². The van der Waals surface area contributed by atoms with Gasteiger partial charge in [0.15, 0.2) is 5.82 Å². The van der Waals surface area contributed by atoms with Gasteiger partial charge in [0.2, 0.25) is 5.28 Å². The molecule has 0 saturated heterocycles. The number of rotatable bonds is 8. The number of hydrogen-bond donors (Lipinski definition) is 2. The van der Waals surface area contributed by atoms with Crippen molar-refractivity contribution >= 4 is 23.1 Å². The predicted octanol–water partition coefficient (Wildman–Crippen LogP) is 2.63. The van der Waals surface area contributed by atoms with Crippen LogP contribution in [0.2, 0.25) is 5.28 Å². The summed E-state index contributed by atoms with van der Waals surface area (Å²) in [6.07, 6.45) is 3.74. The highest BCUT2D eigenvalue weighted by Gasteiger charge is 2.08. The van der Waals surface area contributed by atoms with Gasteiger partial charge in [-0.3, -0.25) is 0 Å². The zero-order chi connectivity index (χ0) is 14.3. The summed E-state index contributed by atoms with van der Waals surface area (Å²) in [5, 5.41) is 3.50. The molecule has 0 radical (unpaired) electrons. The molecule has 0 fully saturated rings. The number of nitrogens with one attached hydrogen (secondary N) is 1. The van der Waals surface area contributed by atoms with Crippen LogP contribution in [-0.4, -0.2) is 40.5 Å². The molecule has 108 valence electrons. The van der Waals surface area contributed by atoms with Crippen molar-refractivity contribution in [2.45, 2.75) is 39.7 Å². The third-order valence-electron chi connectivity index (χ3n) is 3.18. The van der Waals surface area contributed by atoms with Crippen LogP contribution in [0, 0.1) is 0 Å². The van der Waals surface area contributed by atoms with Crippen LogP contribution in [0.25, 0.3) is 0 Å². The van der Waals surface area contributed by atoms with Crippen molar-refractivity contribution in [3.8, 4) is 0 Å². The molecule has 0 saturated carbocycles. The standard InChI is InChI=1S/C13H24ClN5/c1-4-19(5-2)8-6-7-10(3)17-12-11(15)9-16-13(14)18-12/h9-10H,4-8,15H2,1-3H3,(H,16,17,18). The van der Waals surface area contributed by atoms with Gasteiger partial charge in [-0.2, -0.15) is 4.98 Å². The van der Waals surface area contributed by atoms with Gasteiger partial charge in [-0.05, 0) is 51.0 Å². The van der Waals surface area contributed by atoms with Gasteiger partial charge in [0.25, 0.3) is 0 Å². The minimum Gasteiger partial charge on any atom is -0.394 e. The van der Waals surface area contributed by atoms with Crippen molar-refractivity contribution < 1.29 is 0 Å². The molecule has 3 N–H and O–H groups in total. The fourth-order valence-electron chi connectivity index (χ4n) is 1.95. The van der Waals surface area contributed by atoms with E-state index in [-0.39, 0.29) is 5.28 Å². The normalized spacial score (nSPS) is 12.7. The highest BCUT2D eigenvalue weighted by molar-refractivity contribution is 6.28. The highest BCUT2D eigenvalue weighted by Crippen LogP contribution is 2.17. The minimum atomic E-state index is 0.215. The van der Waals surface area contributed by atoms with Gasteiger partial charge >= 0.3 is 0 Å². The summed E-state index contributed by atoms with van der Waals surface area (Å²) in [5.74, 6) is 0.621. The maximum absolute atomic E-state index is 5.80. The number of halogens is 1. The molecule has 1 unspecified atom stereocenters. The monoisotopic (exact) mass is 285 g/mol. The zero-order valence-electron chi connectivity index (χ0n) is 12.0. The molecular formula is C13H24ClN5. The smallest absolute Gasteiger partial charge is 0.224 e. The SMILES string of the molecule is CCN(CC)CCCC(C)Nc1nc(Cl)ncc1N. The summed E-state index contributed by atoms with van der Waals surface area (Å²) in [7, 11) is 0. The van der Waals surface area contributed by atoms with Crippen LogP contribution in [0.15, 0.2) is 6.20 Å². The molecule has 1 atom stereocenters. The average molecular weight is 286 g/mol. The van der Waals surface area contributed by atoms with Crippen molar-refractivity contribution in [1.29, 1.82) is 0 Å². The lowest BCUT2D eigenvalue weighted by atomic mass is 10.1. The Morgan fingerprint density at radius 2 is 2.11 bits per heavy atom. The van der Waals surface area contributed by atoms with Crippen LogP contribution in [0.3, 0.4) is 0 Å². The summed E-state index contributed by atoms with van der Waals surface area (Å²) in [6, 6.07) is 0.309. The quantitative estimate of drug-likeness (QED) is 0.719. The Bertz CT molecular complexity index is 381. The Hall–Kier alpha value is -1.07. The third-order valence-corrected chi connectivity index (χ3v) is 3.36. The largest absolute Gasteiger partial charge is 0.394 e. The lowest BCUT2D eigenvalue weighted by molar-refractivity contribution is 0.295. The van der Waals surface area contributed by atoms with Crippen molar-refractivity contribution in [2.75, 3.05) is 30.7 Å². The van der Waals surface area contributed by atoms with Gasteiger partial charge in [-0.25, -0.2) is 4.98 Å². The molecule has 0 bridgehead atoms. The zero-order valence-corrected chi connectivity index (χ0v) is 12.7. The summed E-state index contributed by atoms with van der Waals surface area (Å²) < 4.78 is 0. The van der Waals surface area contributed by atoms with Gasteiger partial charge in [0.1, 0.15) is 0 Å². The van der Waals surface area contributed by atoms with Crippen molar-refractivity contribution in [3.63, 3.8) is 0 Å². The number of nitrogens with zero attached hydrogens (tertiary/aromatic N) is 3. The van der Waals surface area contributed by atoms with Crippen molar-refractivity contribution in [2.24, 2.45) is 0 Å². The molecule has 0 aliphatic rings. The lowest BCUT2D eigenvalue weighted by Crippen LogP contribution is -2.26. The number of nitrogens with two attached hydrogens (primary N) is 1. The predicted molar refractivity (Wildman–Crippen MR) is 81.6 cm³/mol. The average Bonchev–Trinajstić information content (AvgIpc) is 2.39. The fourth-order valence-corrected chi connectivity index (χ4v) is 2.09. The van der Waals surface area contributed by atoms with Crippen molar-refractivity contribution in [3.05, 3.63) is 11.5 Å². The first-order valence-corrected chi connectivity index (χ1v) is 7.21. The van der Waals surface area contributed by atoms with E-state index in [1.807, 2.05) is 0 Å². The molecule has 6 heteroatoms. The Morgan fingerprint density at radius 3 is 2.74 bits per heavy atom. The maximum atomic E-state index is 5.80. The van der Waals surface area contributed by atoms with Gasteiger partial charge in [-0.1, -0.05) is 13.8 Å². The molecule has 5 nitrogen and oxygen atoms in total. The first kappa shape index (κ1) is 16.0. The fraction of sp³-hybridized carbons (Fsp3) is 0.692. The van der Waals surface area contributed by atoms with Gasteiger partial charge < -0.3 is 16.0 Å². The Balaban J connectivity index is 2.38. The molecule has 0 aromatic carbocycles. The molecule has 1 aromatic rings. The number of aromatic nitrogens is 2. The molecule has 0 aliphatic heterocycles. The molecule has 1 rings (SSSR count). The second-order valence-electron chi connectivity index (χ2n) is 4.66. The van der Waals surface area contributed by atoms with E-state index in [1.165, 1.54) is 6.20 Å². The Labute approximate surface area is 120 Å². The summed E-state index contributed by atoms with van der Waals surface area (Å²) >= 11 is 5.76. The Morgan fingerprint density at radius 1 is 1.42 bits per heavy atom. The third kappa shape index (κ3) is 5.61. The molecule has 0 spiro atoms. The van der Waals surface area contributed by atoms with Gasteiger partial charge in [0, 0.05) is 6.04 Å². The van der Waals surface area contributed by atoms with Crippen LogP contribution in [0.4, 0.5) is 11.5 Å². The van der Waals surface area contributed by atoms with E-state index < -0.39 is 0 Å². The molecule has 19 heavy (non-hydrogen) atoms. The van der Waals surface area contributed by atoms with Crippen molar-refractivity contribution in [1.82, 2.24) is 14.9 Å². The molecule has 0 aliphatic carbocycles. The summed E-state index contributed by atoms with van der Waals surface area (Å²) in [5.41, 5.74) is 6.33. The lowest BCUT2D eigenvalue weighted by Gasteiger charge is -2.20. The van der Waals surface area contributed by atoms with E-state index in [0.717, 1.165) is 32.5 Å². The van der Waals surface area contributed by atoms with E-state index in [2.05, 4.69) is 41.0 Å². The second-order valence-corrected chi connectivity index (χ2v) is 5.00. The Kier molecular flexibility index (Phi) is 6.87. The topological polar surface area (TPSA) is 67.1 Å². The van der Waals surface area contributed by atoms with E-state index >= 15 is 0 Å². The minimum absolute atomic E-state index is 0.215. The van der Waals surface area contributed by atoms with E-state index in [0.29, 0.717) is 17.5 Å². The van der Waals surface area contributed by atoms with Gasteiger partial charge in [-0.15, -0.1) is 0 Å². The molecule has 1 aromatic heterocycles. The highest BCUT2D eigenvalue weighted by atomic mass is 35.5. The van der Waals surface area contributed by atoms with Crippen LogP contribution in [-0.2, 0) is 0 Å². The maximum Gasteiger partial charge on any atom is 0.224 e. The summed E-state index contributed by atoms with van der Waals surface area (Å²) in [4.78, 5) is 10.4. The van der Waals surface area contributed by atoms with Crippen LogP contribution < -0.4 is 11.1 Å². The van der Waals surface area contributed by atoms with Gasteiger partial charge in [0.05, 0.1) is 11.9 Å². The van der Waals surface area contributed by atoms with E-state index in [9.17, 15) is 0 Å². The van der Waals surface area contributed by atoms with Crippen LogP contribution in [0.1, 0.15) is 33.6 Å². The molecule has 1 heterocycles. The van der Waals surface area contributed by atoms with E-state index in [4.69, 9.17) is 17.3 Å². The van der Waals surface area contributed by atoms with Crippen LogP contribution in [0.5, 0.6) is 0 Å². The molecular weight excluding hydrogens is 262 g/mol. The number of nitrogen functional groups attached to an aromatic ring is 1. The second kappa shape index (κ2) is 8.17. The first-order chi connectivity index (χ1) is 9.06. The number of anilines is 2.